The van der Waals surface area contributed by atoms with Gasteiger partial charge in [-0.3, -0.25) is 4.84 Å². The van der Waals surface area contributed by atoms with Gasteiger partial charge in [-0.05, 0) is 42.7 Å². The first-order valence-electron chi connectivity index (χ1n) is 8.86. The van der Waals surface area contributed by atoms with Crippen molar-refractivity contribution < 1.29 is 19.2 Å². The molecule has 140 valence electrons. The summed E-state index contributed by atoms with van der Waals surface area (Å²) in [5, 5.41) is 1.97. The lowest BCUT2D eigenvalue weighted by molar-refractivity contribution is -0.141. The molecule has 0 radical (unpaired) electrons. The number of amides is 2. The van der Waals surface area contributed by atoms with Crippen LogP contribution in [0.2, 0.25) is 5.02 Å². The van der Waals surface area contributed by atoms with E-state index in [9.17, 15) is 9.59 Å². The molecule has 2 aromatic carbocycles. The Balaban J connectivity index is 1.39. The summed E-state index contributed by atoms with van der Waals surface area (Å²) in [5.41, 5.74) is 0.987. The molecule has 2 amide bonds. The first-order valence-corrected chi connectivity index (χ1v) is 9.23. The molecule has 2 fully saturated rings. The number of esters is 1. The maximum Gasteiger partial charge on any atom is 0.345 e. The van der Waals surface area contributed by atoms with Crippen molar-refractivity contribution in [2.24, 2.45) is 0 Å². The molecule has 0 N–H and O–H groups in total. The molecule has 2 aliphatic rings. The Morgan fingerprint density at radius 1 is 1.07 bits per heavy atom. The number of fused-ring (bicyclic) bond motifs is 2. The average Bonchev–Trinajstić information content (AvgIpc) is 2.93. The summed E-state index contributed by atoms with van der Waals surface area (Å²) in [6.45, 7) is 0.783. The molecule has 2 bridgehead atoms. The molecular weight excluding hydrogens is 368 g/mol. The number of rotatable bonds is 5. The van der Waals surface area contributed by atoms with Crippen molar-refractivity contribution in [3.8, 4) is 5.75 Å². The van der Waals surface area contributed by atoms with Crippen molar-refractivity contribution in [1.29, 1.82) is 0 Å². The first kappa shape index (κ1) is 17.8. The van der Waals surface area contributed by atoms with Crippen LogP contribution in [0.15, 0.2) is 54.6 Å². The lowest BCUT2D eigenvalue weighted by Gasteiger charge is -2.28. The summed E-state index contributed by atoms with van der Waals surface area (Å²) in [7, 11) is 0. The van der Waals surface area contributed by atoms with Gasteiger partial charge in [0.05, 0.1) is 6.04 Å². The second kappa shape index (κ2) is 7.58. The predicted octanol–water partition coefficient (Wildman–Crippen LogP) is 3.65. The van der Waals surface area contributed by atoms with E-state index < -0.39 is 12.0 Å². The van der Waals surface area contributed by atoms with Gasteiger partial charge in [0, 0.05) is 11.6 Å². The minimum Gasteiger partial charge on any atom is -0.425 e. The molecular formula is C20H19ClN2O4. The van der Waals surface area contributed by atoms with Crippen LogP contribution in [-0.2, 0) is 16.2 Å². The molecule has 7 heteroatoms. The SMILES string of the molecule is O=C(Oc1ccc(Cl)cc1)[C@@H]1CC[C@@H]2CN1C(=O)N2OCc1ccccc1. The number of urea groups is 1. The smallest absolute Gasteiger partial charge is 0.345 e. The maximum atomic E-state index is 12.7. The zero-order valence-corrected chi connectivity index (χ0v) is 15.3. The molecule has 2 aromatic rings. The van der Waals surface area contributed by atoms with Gasteiger partial charge in [0.15, 0.2) is 0 Å². The zero-order chi connectivity index (χ0) is 18.8. The lowest BCUT2D eigenvalue weighted by atomic mass is 10.0. The fourth-order valence-electron chi connectivity index (χ4n) is 3.45. The van der Waals surface area contributed by atoms with Crippen LogP contribution < -0.4 is 4.74 Å². The van der Waals surface area contributed by atoms with E-state index in [2.05, 4.69) is 0 Å². The van der Waals surface area contributed by atoms with Crippen LogP contribution in [0, 0.1) is 0 Å². The molecule has 2 heterocycles. The predicted molar refractivity (Wildman–Crippen MR) is 99.1 cm³/mol. The minimum absolute atomic E-state index is 0.0409. The third-order valence-electron chi connectivity index (χ3n) is 4.84. The van der Waals surface area contributed by atoms with Gasteiger partial charge in [-0.15, -0.1) is 0 Å². The highest BCUT2D eigenvalue weighted by molar-refractivity contribution is 6.30. The van der Waals surface area contributed by atoms with E-state index in [0.717, 1.165) is 5.56 Å². The molecule has 0 unspecified atom stereocenters. The minimum atomic E-state index is -0.602. The van der Waals surface area contributed by atoms with Gasteiger partial charge in [0.25, 0.3) is 0 Å². The molecule has 2 aliphatic heterocycles. The van der Waals surface area contributed by atoms with Crippen LogP contribution in [0.25, 0.3) is 0 Å². The summed E-state index contributed by atoms with van der Waals surface area (Å²) in [4.78, 5) is 32.6. The number of hydroxylamine groups is 2. The van der Waals surface area contributed by atoms with Crippen LogP contribution in [0.4, 0.5) is 4.79 Å². The van der Waals surface area contributed by atoms with Crippen molar-refractivity contribution in [3.63, 3.8) is 0 Å². The molecule has 0 saturated carbocycles. The number of carbonyl (C=O) groups is 2. The number of piperidine rings is 1. The number of nitrogens with zero attached hydrogens (tertiary/aromatic N) is 2. The van der Waals surface area contributed by atoms with Crippen LogP contribution >= 0.6 is 11.6 Å². The largest absolute Gasteiger partial charge is 0.425 e. The Kier molecular flexibility index (Phi) is 5.01. The van der Waals surface area contributed by atoms with Crippen LogP contribution in [0.3, 0.4) is 0 Å². The van der Waals surface area contributed by atoms with Gasteiger partial charge < -0.3 is 9.64 Å². The fraction of sp³-hybridized carbons (Fsp3) is 0.300. The topological polar surface area (TPSA) is 59.1 Å². The van der Waals surface area contributed by atoms with Crippen LogP contribution in [0.5, 0.6) is 5.75 Å². The summed E-state index contributed by atoms with van der Waals surface area (Å²) in [6, 6.07) is 15.3. The van der Waals surface area contributed by atoms with E-state index in [0.29, 0.717) is 36.8 Å². The van der Waals surface area contributed by atoms with Gasteiger partial charge in [0.1, 0.15) is 18.4 Å². The normalized spacial score (nSPS) is 21.4. The highest BCUT2D eigenvalue weighted by Gasteiger charge is 2.48. The van der Waals surface area contributed by atoms with Crippen LogP contribution in [0.1, 0.15) is 18.4 Å². The molecule has 0 spiro atoms. The number of ether oxygens (including phenoxy) is 1. The Morgan fingerprint density at radius 2 is 1.81 bits per heavy atom. The molecule has 2 saturated heterocycles. The van der Waals surface area contributed by atoms with Gasteiger partial charge >= 0.3 is 12.0 Å². The molecule has 27 heavy (non-hydrogen) atoms. The van der Waals surface area contributed by atoms with Gasteiger partial charge in [0.2, 0.25) is 0 Å². The summed E-state index contributed by atoms with van der Waals surface area (Å²) >= 11 is 5.84. The van der Waals surface area contributed by atoms with E-state index in [4.69, 9.17) is 21.2 Å². The first-order chi connectivity index (χ1) is 13.1. The van der Waals surface area contributed by atoms with Crippen molar-refractivity contribution >= 4 is 23.6 Å². The summed E-state index contributed by atoms with van der Waals surface area (Å²) < 4.78 is 5.42. The van der Waals surface area contributed by atoms with Crippen LogP contribution in [-0.4, -0.2) is 40.6 Å². The number of hydrogen-bond donors (Lipinski definition) is 0. The van der Waals surface area contributed by atoms with Gasteiger partial charge in [-0.2, -0.15) is 5.06 Å². The van der Waals surface area contributed by atoms with E-state index in [-0.39, 0.29) is 12.1 Å². The number of carbonyl (C=O) groups excluding carboxylic acids is 2. The van der Waals surface area contributed by atoms with E-state index in [1.54, 1.807) is 24.3 Å². The van der Waals surface area contributed by atoms with E-state index >= 15 is 0 Å². The van der Waals surface area contributed by atoms with Crippen molar-refractivity contribution in [2.75, 3.05) is 6.54 Å². The third-order valence-corrected chi connectivity index (χ3v) is 5.09. The maximum absolute atomic E-state index is 12.7. The Labute approximate surface area is 162 Å². The Bertz CT molecular complexity index is 828. The average molecular weight is 387 g/mol. The number of hydrogen-bond acceptors (Lipinski definition) is 4. The second-order valence-corrected chi connectivity index (χ2v) is 7.08. The van der Waals surface area contributed by atoms with E-state index in [1.807, 2.05) is 30.3 Å². The van der Waals surface area contributed by atoms with E-state index in [1.165, 1.54) is 9.96 Å². The highest BCUT2D eigenvalue weighted by atomic mass is 35.5. The van der Waals surface area contributed by atoms with Gasteiger partial charge in [-0.1, -0.05) is 41.9 Å². The highest BCUT2D eigenvalue weighted by Crippen LogP contribution is 2.31. The monoisotopic (exact) mass is 386 g/mol. The standard InChI is InChI=1S/C20H19ClN2O4/c21-15-6-9-17(10-7-15)27-19(24)18-11-8-16-12-22(18)20(25)23(16)26-13-14-4-2-1-3-5-14/h1-7,9-10,16,18H,8,11-13H2/t16-,18+/m1/s1. The Morgan fingerprint density at radius 3 is 2.56 bits per heavy atom. The molecule has 6 nitrogen and oxygen atoms in total. The summed E-state index contributed by atoms with van der Waals surface area (Å²) in [6.07, 6.45) is 1.24. The molecule has 0 aromatic heterocycles. The third kappa shape index (κ3) is 3.77. The zero-order valence-electron chi connectivity index (χ0n) is 14.6. The Hall–Kier alpha value is -2.57. The molecule has 0 aliphatic carbocycles. The van der Waals surface area contributed by atoms with Crippen molar-refractivity contribution in [1.82, 2.24) is 9.96 Å². The molecule has 4 rings (SSSR count). The quantitative estimate of drug-likeness (QED) is 0.581. The fourth-order valence-corrected chi connectivity index (χ4v) is 3.57. The second-order valence-electron chi connectivity index (χ2n) is 6.64. The lowest BCUT2D eigenvalue weighted by Crippen LogP contribution is -2.46. The summed E-state index contributed by atoms with van der Waals surface area (Å²) in [5.74, 6) is -0.0237. The van der Waals surface area contributed by atoms with Gasteiger partial charge in [-0.25, -0.2) is 9.59 Å². The van der Waals surface area contributed by atoms with Crippen molar-refractivity contribution in [3.05, 3.63) is 65.2 Å². The number of halogens is 1. The number of benzene rings is 2. The molecule has 2 atom stereocenters. The van der Waals surface area contributed by atoms with Crippen molar-refractivity contribution in [2.45, 2.75) is 31.5 Å².